The Morgan fingerprint density at radius 1 is 1.06 bits per heavy atom. The first-order chi connectivity index (χ1) is 15.4. The number of benzene rings is 2. The van der Waals surface area contributed by atoms with Crippen LogP contribution >= 0.6 is 11.3 Å². The molecule has 0 unspecified atom stereocenters. The molecule has 0 aliphatic carbocycles. The van der Waals surface area contributed by atoms with Crippen LogP contribution in [0.5, 0.6) is 0 Å². The average molecular weight is 448 g/mol. The third kappa shape index (κ3) is 4.03. The molecule has 4 rings (SSSR count). The van der Waals surface area contributed by atoms with E-state index in [9.17, 15) is 9.59 Å². The molecule has 0 fully saturated rings. The van der Waals surface area contributed by atoms with Crippen LogP contribution in [0.4, 0.5) is 5.13 Å². The van der Waals surface area contributed by atoms with Gasteiger partial charge in [0, 0.05) is 5.69 Å². The fraction of sp³-hybridized carbons (Fsp3) is 0.240. The predicted octanol–water partition coefficient (Wildman–Crippen LogP) is 5.51. The molecular formula is C25H25N3O3S. The molecule has 0 radical (unpaired) electrons. The number of para-hydroxylation sites is 1. The molecule has 32 heavy (non-hydrogen) atoms. The van der Waals surface area contributed by atoms with Crippen molar-refractivity contribution >= 4 is 38.6 Å². The van der Waals surface area contributed by atoms with Gasteiger partial charge in [-0.3, -0.25) is 4.79 Å². The number of aromatic nitrogens is 2. The number of anilines is 1. The summed E-state index contributed by atoms with van der Waals surface area (Å²) in [7, 11) is 0. The number of hydrogen-bond donors (Lipinski definition) is 1. The van der Waals surface area contributed by atoms with Crippen LogP contribution in [0, 0.1) is 20.8 Å². The molecule has 2 aromatic carbocycles. The van der Waals surface area contributed by atoms with E-state index in [0.717, 1.165) is 32.6 Å². The summed E-state index contributed by atoms with van der Waals surface area (Å²) in [5.74, 6) is -0.576. The Morgan fingerprint density at radius 2 is 1.81 bits per heavy atom. The van der Waals surface area contributed by atoms with Gasteiger partial charge in [0.1, 0.15) is 6.54 Å². The van der Waals surface area contributed by atoms with E-state index in [1.165, 1.54) is 11.3 Å². The van der Waals surface area contributed by atoms with Crippen LogP contribution in [0.25, 0.3) is 21.5 Å². The highest BCUT2D eigenvalue weighted by Crippen LogP contribution is 2.32. The quantitative estimate of drug-likeness (QED) is 0.396. The maximum atomic E-state index is 13.0. The molecule has 6 nitrogen and oxygen atoms in total. The van der Waals surface area contributed by atoms with Gasteiger partial charge >= 0.3 is 5.97 Å². The van der Waals surface area contributed by atoms with Crippen molar-refractivity contribution in [3.05, 3.63) is 70.9 Å². The van der Waals surface area contributed by atoms with E-state index in [2.05, 4.69) is 10.3 Å². The number of fused-ring (bicyclic) bond motifs is 1. The number of aryl methyl sites for hydroxylation is 1. The minimum Gasteiger partial charge on any atom is -0.462 e. The summed E-state index contributed by atoms with van der Waals surface area (Å²) in [6.45, 7) is 7.88. The second-order valence-electron chi connectivity index (χ2n) is 7.60. The highest BCUT2D eigenvalue weighted by Gasteiger charge is 2.25. The van der Waals surface area contributed by atoms with Gasteiger partial charge in [-0.05, 0) is 50.5 Å². The summed E-state index contributed by atoms with van der Waals surface area (Å²) in [5.41, 5.74) is 5.75. The normalized spacial score (nSPS) is 11.0. The standard InChI is InChI=1S/C25H25N3O3S/c1-5-31-24(30)21-16(3)23(18-11-7-6-8-12-18)28(17(21)4)14-20(29)26-25-27-22-15(2)10-9-13-19(22)32-25/h6-13H,5,14H2,1-4H3,(H,26,27,29). The van der Waals surface area contributed by atoms with Crippen molar-refractivity contribution in [2.45, 2.75) is 34.2 Å². The summed E-state index contributed by atoms with van der Waals surface area (Å²) in [6.07, 6.45) is 0. The molecule has 0 saturated carbocycles. The zero-order chi connectivity index (χ0) is 22.8. The smallest absolute Gasteiger partial charge is 0.340 e. The molecule has 0 atom stereocenters. The summed E-state index contributed by atoms with van der Waals surface area (Å²) < 4.78 is 8.19. The van der Waals surface area contributed by atoms with E-state index in [-0.39, 0.29) is 18.4 Å². The third-order valence-electron chi connectivity index (χ3n) is 5.46. The molecule has 2 aromatic heterocycles. The molecule has 164 valence electrons. The highest BCUT2D eigenvalue weighted by atomic mass is 32.1. The molecule has 2 heterocycles. The van der Waals surface area contributed by atoms with Crippen LogP contribution in [0.3, 0.4) is 0 Å². The van der Waals surface area contributed by atoms with Gasteiger partial charge in [-0.15, -0.1) is 0 Å². The maximum Gasteiger partial charge on any atom is 0.340 e. The van der Waals surface area contributed by atoms with Gasteiger partial charge in [0.2, 0.25) is 5.91 Å². The molecule has 1 amide bonds. The first kappa shape index (κ1) is 21.8. The SMILES string of the molecule is CCOC(=O)c1c(C)c(-c2ccccc2)n(CC(=O)Nc2nc3c(C)cccc3s2)c1C. The molecular weight excluding hydrogens is 422 g/mol. The Bertz CT molecular complexity index is 1310. The minimum atomic E-state index is -0.375. The summed E-state index contributed by atoms with van der Waals surface area (Å²) >= 11 is 1.45. The predicted molar refractivity (Wildman–Crippen MR) is 128 cm³/mol. The minimum absolute atomic E-state index is 0.0607. The van der Waals surface area contributed by atoms with Crippen LogP contribution in [0.15, 0.2) is 48.5 Å². The number of esters is 1. The lowest BCUT2D eigenvalue weighted by molar-refractivity contribution is -0.116. The van der Waals surface area contributed by atoms with Crippen LogP contribution in [0.2, 0.25) is 0 Å². The molecule has 7 heteroatoms. The first-order valence-electron chi connectivity index (χ1n) is 10.5. The van der Waals surface area contributed by atoms with Crippen molar-refractivity contribution in [1.82, 2.24) is 9.55 Å². The zero-order valence-corrected chi connectivity index (χ0v) is 19.4. The van der Waals surface area contributed by atoms with Crippen molar-refractivity contribution in [1.29, 1.82) is 0 Å². The molecule has 0 spiro atoms. The lowest BCUT2D eigenvalue weighted by Gasteiger charge is -2.12. The van der Waals surface area contributed by atoms with E-state index >= 15 is 0 Å². The van der Waals surface area contributed by atoms with E-state index in [0.29, 0.717) is 23.0 Å². The Balaban J connectivity index is 1.70. The zero-order valence-electron chi connectivity index (χ0n) is 18.6. The van der Waals surface area contributed by atoms with Gasteiger partial charge in [0.15, 0.2) is 5.13 Å². The van der Waals surface area contributed by atoms with E-state index in [4.69, 9.17) is 4.74 Å². The van der Waals surface area contributed by atoms with E-state index < -0.39 is 0 Å². The third-order valence-corrected chi connectivity index (χ3v) is 6.40. The lowest BCUT2D eigenvalue weighted by atomic mass is 10.1. The second kappa shape index (κ2) is 8.96. The fourth-order valence-electron chi connectivity index (χ4n) is 4.01. The van der Waals surface area contributed by atoms with E-state index in [1.54, 1.807) is 6.92 Å². The first-order valence-corrected chi connectivity index (χ1v) is 11.3. The fourth-order valence-corrected chi connectivity index (χ4v) is 4.97. The van der Waals surface area contributed by atoms with Crippen molar-refractivity contribution < 1.29 is 14.3 Å². The lowest BCUT2D eigenvalue weighted by Crippen LogP contribution is -2.20. The number of ether oxygens (including phenoxy) is 1. The monoisotopic (exact) mass is 447 g/mol. The Morgan fingerprint density at radius 3 is 2.50 bits per heavy atom. The number of thiazole rings is 1. The van der Waals surface area contributed by atoms with Gasteiger partial charge in [0.25, 0.3) is 0 Å². The molecule has 0 bridgehead atoms. The number of nitrogens with one attached hydrogen (secondary N) is 1. The second-order valence-corrected chi connectivity index (χ2v) is 8.63. The number of carbonyl (C=O) groups excluding carboxylic acids is 2. The number of rotatable bonds is 6. The molecule has 0 aliphatic heterocycles. The van der Waals surface area contributed by atoms with Gasteiger partial charge in [-0.1, -0.05) is 53.8 Å². The summed E-state index contributed by atoms with van der Waals surface area (Å²) in [6, 6.07) is 15.7. The molecule has 0 aliphatic rings. The van der Waals surface area contributed by atoms with Crippen LogP contribution < -0.4 is 5.32 Å². The molecule has 1 N–H and O–H groups in total. The van der Waals surface area contributed by atoms with Crippen molar-refractivity contribution in [2.75, 3.05) is 11.9 Å². The largest absolute Gasteiger partial charge is 0.462 e. The maximum absolute atomic E-state index is 13.0. The summed E-state index contributed by atoms with van der Waals surface area (Å²) in [4.78, 5) is 30.2. The average Bonchev–Trinajstić information content (AvgIpc) is 3.28. The van der Waals surface area contributed by atoms with Gasteiger partial charge in [0.05, 0.1) is 28.1 Å². The Kier molecular flexibility index (Phi) is 6.10. The highest BCUT2D eigenvalue weighted by molar-refractivity contribution is 7.22. The van der Waals surface area contributed by atoms with Crippen molar-refractivity contribution in [3.8, 4) is 11.3 Å². The van der Waals surface area contributed by atoms with Crippen LogP contribution in [0.1, 0.15) is 34.1 Å². The number of hydrogen-bond acceptors (Lipinski definition) is 5. The Labute approximate surface area is 190 Å². The Hall–Kier alpha value is -3.45. The van der Waals surface area contributed by atoms with Gasteiger partial charge < -0.3 is 14.6 Å². The number of nitrogens with zero attached hydrogens (tertiary/aromatic N) is 2. The summed E-state index contributed by atoms with van der Waals surface area (Å²) in [5, 5.41) is 3.49. The van der Waals surface area contributed by atoms with E-state index in [1.807, 2.05) is 73.9 Å². The van der Waals surface area contributed by atoms with Crippen molar-refractivity contribution in [3.63, 3.8) is 0 Å². The van der Waals surface area contributed by atoms with Crippen molar-refractivity contribution in [2.24, 2.45) is 0 Å². The van der Waals surface area contributed by atoms with Crippen LogP contribution in [-0.4, -0.2) is 28.0 Å². The van der Waals surface area contributed by atoms with Gasteiger partial charge in [-0.25, -0.2) is 9.78 Å². The van der Waals surface area contributed by atoms with Crippen LogP contribution in [-0.2, 0) is 16.1 Å². The number of amides is 1. The molecule has 4 aromatic rings. The topological polar surface area (TPSA) is 73.2 Å². The number of carbonyl (C=O) groups is 2. The molecule has 0 saturated heterocycles. The van der Waals surface area contributed by atoms with Gasteiger partial charge in [-0.2, -0.15) is 0 Å².